The van der Waals surface area contributed by atoms with Gasteiger partial charge in [0.1, 0.15) is 40.5 Å². The van der Waals surface area contributed by atoms with Crippen molar-refractivity contribution >= 4 is 16.9 Å². The van der Waals surface area contributed by atoms with Gasteiger partial charge in [-0.25, -0.2) is 9.59 Å². The summed E-state index contributed by atoms with van der Waals surface area (Å²) in [7, 11) is 1.24. The Morgan fingerprint density at radius 1 is 1.00 bits per heavy atom. The van der Waals surface area contributed by atoms with Crippen LogP contribution in [0.5, 0.6) is 17.2 Å². The largest absolute Gasteiger partial charge is 0.573 e. The maximum atomic E-state index is 14.2. The molecule has 0 amide bonds. The van der Waals surface area contributed by atoms with Crippen LogP contribution in [-0.2, 0) is 9.53 Å². The summed E-state index contributed by atoms with van der Waals surface area (Å²) in [5, 5.41) is 0.249. The van der Waals surface area contributed by atoms with Crippen LogP contribution < -0.4 is 19.8 Å². The fourth-order valence-corrected chi connectivity index (χ4v) is 4.60. The van der Waals surface area contributed by atoms with Crippen molar-refractivity contribution in [2.45, 2.75) is 44.5 Å². The second-order valence-electron chi connectivity index (χ2n) is 9.15. The Morgan fingerprint density at radius 3 is 2.30 bits per heavy atom. The molecule has 2 aromatic carbocycles. The van der Waals surface area contributed by atoms with Crippen molar-refractivity contribution in [2.24, 2.45) is 5.41 Å². The van der Waals surface area contributed by atoms with Crippen LogP contribution >= 0.6 is 0 Å². The van der Waals surface area contributed by atoms with Gasteiger partial charge in [-0.3, -0.25) is 0 Å². The summed E-state index contributed by atoms with van der Waals surface area (Å²) in [6, 6.07) is 8.65. The van der Waals surface area contributed by atoms with E-state index in [9.17, 15) is 35.9 Å². The van der Waals surface area contributed by atoms with Crippen LogP contribution in [-0.4, -0.2) is 37.8 Å². The molecule has 0 aliphatic heterocycles. The molecule has 0 spiro atoms. The second-order valence-corrected chi connectivity index (χ2v) is 9.15. The standard InChI is InChI=1S/C27H22F6O7/c1-4-23(34)39-22-10-9-21(25(22,2)26(28,29)30)37-16-6-5-14-11-18(24(35)38-19(14)13-16)17-8-7-15(36-3)12-20(17)40-27(31,32)33/h4-8,11-13,21-22H,1,9-10H2,2-3H3. The van der Waals surface area contributed by atoms with Gasteiger partial charge >= 0.3 is 24.1 Å². The fourth-order valence-electron chi connectivity index (χ4n) is 4.60. The number of hydrogen-bond acceptors (Lipinski definition) is 7. The normalized spacial score (nSPS) is 21.2. The average molecular weight is 572 g/mol. The number of alkyl halides is 6. The number of rotatable bonds is 7. The minimum atomic E-state index is -5.06. The molecule has 0 bridgehead atoms. The third-order valence-electron chi connectivity index (χ3n) is 6.76. The molecule has 1 aliphatic rings. The molecule has 1 fully saturated rings. The number of carbonyl (C=O) groups excluding carboxylic acids is 1. The Labute approximate surface area is 222 Å². The Kier molecular flexibility index (Phi) is 7.52. The summed E-state index contributed by atoms with van der Waals surface area (Å²) in [6.45, 7) is 4.10. The van der Waals surface area contributed by atoms with Gasteiger partial charge in [0.25, 0.3) is 0 Å². The number of halogens is 6. The average Bonchev–Trinajstić information content (AvgIpc) is 3.18. The highest BCUT2D eigenvalue weighted by atomic mass is 19.4. The lowest BCUT2D eigenvalue weighted by Crippen LogP contribution is -2.51. The van der Waals surface area contributed by atoms with Crippen LogP contribution in [0.1, 0.15) is 19.8 Å². The predicted molar refractivity (Wildman–Crippen MR) is 129 cm³/mol. The molecule has 3 atom stereocenters. The first kappa shape index (κ1) is 28.8. The molecule has 1 aliphatic carbocycles. The number of carbonyl (C=O) groups is 1. The van der Waals surface area contributed by atoms with Crippen molar-refractivity contribution < 1.29 is 54.5 Å². The minimum Gasteiger partial charge on any atom is -0.497 e. The number of benzene rings is 2. The highest BCUT2D eigenvalue weighted by Gasteiger charge is 2.66. The van der Waals surface area contributed by atoms with E-state index in [-0.39, 0.29) is 46.4 Å². The summed E-state index contributed by atoms with van der Waals surface area (Å²) in [4.78, 5) is 24.4. The molecule has 40 heavy (non-hydrogen) atoms. The third kappa shape index (κ3) is 5.58. The Bertz CT molecular complexity index is 1490. The zero-order chi connectivity index (χ0) is 29.5. The molecule has 3 aromatic rings. The van der Waals surface area contributed by atoms with Crippen LogP contribution in [0.3, 0.4) is 0 Å². The van der Waals surface area contributed by atoms with Gasteiger partial charge in [-0.15, -0.1) is 13.2 Å². The third-order valence-corrected chi connectivity index (χ3v) is 6.76. The van der Waals surface area contributed by atoms with E-state index in [1.54, 1.807) is 0 Å². The predicted octanol–water partition coefficient (Wildman–Crippen LogP) is 6.57. The molecule has 1 aromatic heterocycles. The lowest BCUT2D eigenvalue weighted by atomic mass is 9.83. The number of esters is 1. The van der Waals surface area contributed by atoms with Crippen LogP contribution in [0.15, 0.2) is 64.3 Å². The van der Waals surface area contributed by atoms with Gasteiger partial charge in [0.2, 0.25) is 0 Å². The van der Waals surface area contributed by atoms with Gasteiger partial charge in [-0.2, -0.15) is 13.2 Å². The van der Waals surface area contributed by atoms with Gasteiger partial charge in [0.15, 0.2) is 0 Å². The Morgan fingerprint density at radius 2 is 1.68 bits per heavy atom. The van der Waals surface area contributed by atoms with Crippen molar-refractivity contribution in [3.8, 4) is 28.4 Å². The van der Waals surface area contributed by atoms with Crippen LogP contribution in [0, 0.1) is 5.41 Å². The van der Waals surface area contributed by atoms with E-state index in [0.29, 0.717) is 0 Å². The number of fused-ring (bicyclic) bond motifs is 1. The first-order chi connectivity index (χ1) is 18.7. The van der Waals surface area contributed by atoms with E-state index in [1.165, 1.54) is 43.5 Å². The van der Waals surface area contributed by atoms with Gasteiger partial charge in [-0.05, 0) is 50.1 Å². The van der Waals surface area contributed by atoms with Gasteiger partial charge in [0.05, 0.1) is 12.7 Å². The van der Waals surface area contributed by atoms with Crippen molar-refractivity contribution in [2.75, 3.05) is 7.11 Å². The molecule has 214 valence electrons. The molecule has 1 saturated carbocycles. The lowest BCUT2D eigenvalue weighted by Gasteiger charge is -2.37. The van der Waals surface area contributed by atoms with Crippen LogP contribution in [0.25, 0.3) is 22.1 Å². The maximum Gasteiger partial charge on any atom is 0.573 e. The van der Waals surface area contributed by atoms with Crippen LogP contribution in [0.4, 0.5) is 26.3 Å². The fraction of sp³-hybridized carbons (Fsp3) is 0.333. The number of methoxy groups -OCH3 is 1. The highest BCUT2D eigenvalue weighted by Crippen LogP contribution is 2.53. The summed E-state index contributed by atoms with van der Waals surface area (Å²) < 4.78 is 106. The molecule has 7 nitrogen and oxygen atoms in total. The molecule has 13 heteroatoms. The van der Waals surface area contributed by atoms with E-state index in [1.807, 2.05) is 0 Å². The van der Waals surface area contributed by atoms with E-state index in [2.05, 4.69) is 11.3 Å². The zero-order valence-electron chi connectivity index (χ0n) is 21.0. The summed E-state index contributed by atoms with van der Waals surface area (Å²) in [6.07, 6.45) is -12.2. The first-order valence-electron chi connectivity index (χ1n) is 11.7. The molecule has 0 radical (unpaired) electrons. The van der Waals surface area contributed by atoms with Crippen molar-refractivity contribution in [3.63, 3.8) is 0 Å². The molecular formula is C27H22F6O7. The monoisotopic (exact) mass is 572 g/mol. The SMILES string of the molecule is C=CC(=O)OC1CCC(Oc2ccc3cc(-c4ccc(OC)cc4OC(F)(F)F)c(=O)oc3c2)C1(C)C(F)(F)F. The van der Waals surface area contributed by atoms with Gasteiger partial charge in [-0.1, -0.05) is 6.58 Å². The smallest absolute Gasteiger partial charge is 0.497 e. The summed E-state index contributed by atoms with van der Waals surface area (Å²) in [5.41, 5.74) is -4.13. The molecule has 0 saturated heterocycles. The molecule has 4 rings (SSSR count). The maximum absolute atomic E-state index is 14.2. The first-order valence-corrected chi connectivity index (χ1v) is 11.7. The van der Waals surface area contributed by atoms with Crippen molar-refractivity contribution in [3.05, 3.63) is 65.5 Å². The van der Waals surface area contributed by atoms with E-state index >= 15 is 0 Å². The van der Waals surface area contributed by atoms with Crippen molar-refractivity contribution in [1.29, 1.82) is 0 Å². The van der Waals surface area contributed by atoms with E-state index in [4.69, 9.17) is 18.6 Å². The molecule has 1 heterocycles. The topological polar surface area (TPSA) is 84.2 Å². The van der Waals surface area contributed by atoms with Crippen molar-refractivity contribution in [1.82, 2.24) is 0 Å². The highest BCUT2D eigenvalue weighted by molar-refractivity contribution is 5.84. The molecule has 0 N–H and O–H groups in total. The quantitative estimate of drug-likeness (QED) is 0.137. The second kappa shape index (κ2) is 10.4. The van der Waals surface area contributed by atoms with Crippen LogP contribution in [0.2, 0.25) is 0 Å². The Hall–Kier alpha value is -4.16. The van der Waals surface area contributed by atoms with Gasteiger partial charge < -0.3 is 23.4 Å². The molecular weight excluding hydrogens is 550 g/mol. The molecule has 3 unspecified atom stereocenters. The number of ether oxygens (including phenoxy) is 4. The van der Waals surface area contributed by atoms with E-state index < -0.39 is 47.5 Å². The minimum absolute atomic E-state index is 0.0502. The Balaban J connectivity index is 1.68. The summed E-state index contributed by atoms with van der Waals surface area (Å²) >= 11 is 0. The van der Waals surface area contributed by atoms with E-state index in [0.717, 1.165) is 19.1 Å². The summed E-state index contributed by atoms with van der Waals surface area (Å²) in [5.74, 6) is -1.71. The van der Waals surface area contributed by atoms with Gasteiger partial charge in [0, 0.05) is 29.2 Å². The zero-order valence-corrected chi connectivity index (χ0v) is 21.0. The number of hydrogen-bond donors (Lipinski definition) is 0. The lowest BCUT2D eigenvalue weighted by molar-refractivity contribution is -0.274.